The highest BCUT2D eigenvalue weighted by molar-refractivity contribution is 7.99. The summed E-state index contributed by atoms with van der Waals surface area (Å²) in [4.78, 5) is 6.09. The SMILES string of the molecule is CC1CN(c2ccc3c(c2)Sc2cc(C(F)(F)F)cc(NC4CCN(CCN)CC4)c2N3)CC(C)O1. The molecule has 3 aliphatic rings. The van der Waals surface area contributed by atoms with Gasteiger partial charge in [0.2, 0.25) is 0 Å². The minimum atomic E-state index is -4.42. The fourth-order valence-electron chi connectivity index (χ4n) is 5.34. The predicted octanol–water partition coefficient (Wildman–Crippen LogP) is 5.36. The van der Waals surface area contributed by atoms with Gasteiger partial charge in [0.1, 0.15) is 0 Å². The van der Waals surface area contributed by atoms with Crippen LogP contribution in [0.1, 0.15) is 32.3 Å². The number of anilines is 4. The molecule has 196 valence electrons. The van der Waals surface area contributed by atoms with E-state index in [-0.39, 0.29) is 18.2 Å². The third-order valence-electron chi connectivity index (χ3n) is 7.05. The number of likely N-dealkylation sites (tertiary alicyclic amines) is 1. The topological polar surface area (TPSA) is 65.8 Å². The molecule has 2 unspecified atom stereocenters. The van der Waals surface area contributed by atoms with Gasteiger partial charge in [0.25, 0.3) is 0 Å². The highest BCUT2D eigenvalue weighted by Gasteiger charge is 2.34. The van der Waals surface area contributed by atoms with Crippen LogP contribution in [0.4, 0.5) is 35.9 Å². The number of fused-ring (bicyclic) bond motifs is 2. The van der Waals surface area contributed by atoms with Gasteiger partial charge in [0.05, 0.1) is 34.8 Å². The molecule has 0 saturated carbocycles. The summed E-state index contributed by atoms with van der Waals surface area (Å²) in [7, 11) is 0. The van der Waals surface area contributed by atoms with Gasteiger partial charge in [-0.1, -0.05) is 11.8 Å². The zero-order valence-electron chi connectivity index (χ0n) is 20.7. The predicted molar refractivity (Wildman–Crippen MR) is 140 cm³/mol. The van der Waals surface area contributed by atoms with Crippen molar-refractivity contribution in [3.8, 4) is 0 Å². The van der Waals surface area contributed by atoms with Crippen molar-refractivity contribution in [2.75, 3.05) is 54.8 Å². The average Bonchev–Trinajstić information content (AvgIpc) is 2.82. The molecule has 2 saturated heterocycles. The van der Waals surface area contributed by atoms with Gasteiger partial charge in [-0.3, -0.25) is 0 Å². The molecule has 2 aromatic carbocycles. The molecular formula is C26H34F3N5OS. The van der Waals surface area contributed by atoms with E-state index in [0.717, 1.165) is 61.8 Å². The number of benzene rings is 2. The van der Waals surface area contributed by atoms with Crippen molar-refractivity contribution in [1.29, 1.82) is 0 Å². The maximum atomic E-state index is 13.8. The van der Waals surface area contributed by atoms with E-state index in [2.05, 4.69) is 46.4 Å². The summed E-state index contributed by atoms with van der Waals surface area (Å²) < 4.78 is 47.4. The van der Waals surface area contributed by atoms with Gasteiger partial charge in [-0.05, 0) is 57.0 Å². The summed E-state index contributed by atoms with van der Waals surface area (Å²) in [5.41, 5.74) is 8.23. The normalized spacial score (nSPS) is 23.1. The van der Waals surface area contributed by atoms with Crippen LogP contribution in [0.5, 0.6) is 0 Å². The quantitative estimate of drug-likeness (QED) is 0.418. The van der Waals surface area contributed by atoms with Crippen molar-refractivity contribution in [2.24, 2.45) is 5.73 Å². The Bertz CT molecular complexity index is 1080. The average molecular weight is 522 g/mol. The van der Waals surface area contributed by atoms with E-state index in [1.807, 2.05) is 6.07 Å². The third-order valence-corrected chi connectivity index (χ3v) is 8.15. The standard InChI is InChI=1S/C26H34F3N5OS/c1-16-14-34(15-17(2)35-16)20-3-4-21-23(13-20)36-24-12-18(26(27,28)29)11-22(25(24)32-21)31-19-5-8-33(9-6-19)10-7-30/h3-4,11-13,16-17,19,31-32H,5-10,14-15,30H2,1-2H3. The van der Waals surface area contributed by atoms with E-state index in [9.17, 15) is 13.2 Å². The molecule has 5 rings (SSSR count). The Kier molecular flexibility index (Phi) is 7.31. The van der Waals surface area contributed by atoms with Crippen molar-refractivity contribution in [3.63, 3.8) is 0 Å². The molecule has 2 atom stereocenters. The lowest BCUT2D eigenvalue weighted by Crippen LogP contribution is -2.45. The van der Waals surface area contributed by atoms with Crippen molar-refractivity contribution in [1.82, 2.24) is 4.90 Å². The Morgan fingerprint density at radius 1 is 1.08 bits per heavy atom. The molecule has 2 fully saturated rings. The minimum absolute atomic E-state index is 0.118. The molecule has 0 aliphatic carbocycles. The number of hydrogen-bond acceptors (Lipinski definition) is 7. The molecule has 3 heterocycles. The number of alkyl halides is 3. The van der Waals surface area contributed by atoms with Crippen molar-refractivity contribution in [2.45, 2.75) is 60.9 Å². The highest BCUT2D eigenvalue weighted by atomic mass is 32.2. The first-order valence-corrected chi connectivity index (χ1v) is 13.4. The molecule has 2 aromatic rings. The lowest BCUT2D eigenvalue weighted by molar-refractivity contribution is -0.137. The first kappa shape index (κ1) is 25.5. The molecule has 6 nitrogen and oxygen atoms in total. The number of morpholine rings is 1. The van der Waals surface area contributed by atoms with Crippen LogP contribution in [0.25, 0.3) is 0 Å². The zero-order valence-corrected chi connectivity index (χ0v) is 21.5. The van der Waals surface area contributed by atoms with Crippen molar-refractivity contribution < 1.29 is 17.9 Å². The van der Waals surface area contributed by atoms with Gasteiger partial charge in [-0.2, -0.15) is 13.2 Å². The monoisotopic (exact) mass is 521 g/mol. The molecule has 0 amide bonds. The Morgan fingerprint density at radius 2 is 1.81 bits per heavy atom. The van der Waals surface area contributed by atoms with E-state index in [4.69, 9.17) is 10.5 Å². The number of nitrogens with zero attached hydrogens (tertiary/aromatic N) is 2. The van der Waals surface area contributed by atoms with E-state index < -0.39 is 11.7 Å². The molecule has 36 heavy (non-hydrogen) atoms. The zero-order chi connectivity index (χ0) is 25.4. The summed E-state index contributed by atoms with van der Waals surface area (Å²) in [5, 5.41) is 6.87. The van der Waals surface area contributed by atoms with E-state index in [0.29, 0.717) is 22.8 Å². The molecular weight excluding hydrogens is 487 g/mol. The maximum absolute atomic E-state index is 13.8. The molecule has 3 aliphatic heterocycles. The van der Waals surface area contributed by atoms with Crippen LogP contribution in [-0.4, -0.2) is 62.4 Å². The van der Waals surface area contributed by atoms with Crippen molar-refractivity contribution >= 4 is 34.5 Å². The number of hydrogen-bond donors (Lipinski definition) is 3. The van der Waals surface area contributed by atoms with E-state index in [1.54, 1.807) is 0 Å². The number of nitrogens with one attached hydrogen (secondary N) is 2. The lowest BCUT2D eigenvalue weighted by Gasteiger charge is -2.37. The second kappa shape index (κ2) is 10.3. The molecule has 0 bridgehead atoms. The second-order valence-electron chi connectivity index (χ2n) is 10.0. The largest absolute Gasteiger partial charge is 0.416 e. The van der Waals surface area contributed by atoms with Crippen LogP contribution in [-0.2, 0) is 10.9 Å². The maximum Gasteiger partial charge on any atom is 0.416 e. The van der Waals surface area contributed by atoms with Crippen LogP contribution in [0.15, 0.2) is 40.1 Å². The number of piperidine rings is 1. The van der Waals surface area contributed by atoms with E-state index >= 15 is 0 Å². The molecule has 0 radical (unpaired) electrons. The molecule has 0 aromatic heterocycles. The smallest absolute Gasteiger partial charge is 0.380 e. The fourth-order valence-corrected chi connectivity index (χ4v) is 6.44. The minimum Gasteiger partial charge on any atom is -0.380 e. The Morgan fingerprint density at radius 3 is 2.47 bits per heavy atom. The first-order chi connectivity index (χ1) is 17.2. The van der Waals surface area contributed by atoms with Crippen LogP contribution in [0, 0.1) is 0 Å². The highest BCUT2D eigenvalue weighted by Crippen LogP contribution is 2.50. The Labute approximate surface area is 214 Å². The summed E-state index contributed by atoms with van der Waals surface area (Å²) in [6.45, 7) is 8.94. The second-order valence-corrected chi connectivity index (χ2v) is 11.1. The lowest BCUT2D eigenvalue weighted by atomic mass is 10.0. The van der Waals surface area contributed by atoms with Crippen LogP contribution >= 0.6 is 11.8 Å². The van der Waals surface area contributed by atoms with Gasteiger partial charge in [0, 0.05) is 60.8 Å². The number of nitrogens with two attached hydrogens (primary N) is 1. The fraction of sp³-hybridized carbons (Fsp3) is 0.538. The summed E-state index contributed by atoms with van der Waals surface area (Å²) >= 11 is 1.39. The van der Waals surface area contributed by atoms with Gasteiger partial charge in [-0.25, -0.2) is 0 Å². The number of ether oxygens (including phenoxy) is 1. The summed E-state index contributed by atoms with van der Waals surface area (Å²) in [6, 6.07) is 8.80. The summed E-state index contributed by atoms with van der Waals surface area (Å²) in [6.07, 6.45) is -2.43. The van der Waals surface area contributed by atoms with E-state index in [1.165, 1.54) is 23.9 Å². The molecule has 10 heteroatoms. The van der Waals surface area contributed by atoms with Crippen molar-refractivity contribution in [3.05, 3.63) is 35.9 Å². The summed E-state index contributed by atoms with van der Waals surface area (Å²) in [5.74, 6) is 0. The first-order valence-electron chi connectivity index (χ1n) is 12.6. The van der Waals surface area contributed by atoms with Gasteiger partial charge >= 0.3 is 6.18 Å². The van der Waals surface area contributed by atoms with Gasteiger partial charge < -0.3 is 30.9 Å². The third kappa shape index (κ3) is 5.56. The van der Waals surface area contributed by atoms with Crippen LogP contribution < -0.4 is 21.3 Å². The number of halogens is 3. The van der Waals surface area contributed by atoms with Gasteiger partial charge in [0.15, 0.2) is 0 Å². The van der Waals surface area contributed by atoms with Gasteiger partial charge in [-0.15, -0.1) is 0 Å². The Balaban J connectivity index is 1.40. The number of rotatable bonds is 5. The Hall–Kier alpha value is -2.14. The van der Waals surface area contributed by atoms with Crippen LogP contribution in [0.2, 0.25) is 0 Å². The molecule has 0 spiro atoms. The van der Waals surface area contributed by atoms with Crippen LogP contribution in [0.3, 0.4) is 0 Å². The molecule has 4 N–H and O–H groups in total.